The molecule has 0 aliphatic carbocycles. The molecule has 1 atom stereocenters. The number of halogens is 1. The van der Waals surface area contributed by atoms with Crippen LogP contribution in [-0.2, 0) is 26.0 Å². The lowest BCUT2D eigenvalue weighted by molar-refractivity contribution is -0.134. The van der Waals surface area contributed by atoms with Gasteiger partial charge in [0.2, 0.25) is 21.8 Å². The van der Waals surface area contributed by atoms with Crippen molar-refractivity contribution in [1.82, 2.24) is 10.0 Å². The third-order valence-corrected chi connectivity index (χ3v) is 5.31. The molecule has 1 fully saturated rings. The molecule has 1 saturated heterocycles. The predicted molar refractivity (Wildman–Crippen MR) is 81.9 cm³/mol. The number of benzene rings is 1. The molecule has 0 bridgehead atoms. The van der Waals surface area contributed by atoms with Crippen molar-refractivity contribution in [2.75, 3.05) is 0 Å². The second-order valence-electron chi connectivity index (χ2n) is 5.14. The molecule has 1 aromatic carbocycles. The molecule has 0 aromatic heterocycles. The van der Waals surface area contributed by atoms with Gasteiger partial charge in [0, 0.05) is 6.42 Å². The summed E-state index contributed by atoms with van der Waals surface area (Å²) in [5.74, 6) is -1.04. The van der Waals surface area contributed by atoms with E-state index in [4.69, 9.17) is 11.6 Å². The standard InChI is InChI=1S/C14H17ClN2O4S/c1-2-3-9-4-5-10(15)12(8-9)22(20,21)17-11-6-7-13(18)16-14(11)19/h4-5,8,11,17H,2-3,6-7H2,1H3,(H,16,18,19). The van der Waals surface area contributed by atoms with E-state index in [0.717, 1.165) is 18.4 Å². The van der Waals surface area contributed by atoms with Gasteiger partial charge in [0.15, 0.2) is 0 Å². The monoisotopic (exact) mass is 344 g/mol. The van der Waals surface area contributed by atoms with Crippen LogP contribution in [0.1, 0.15) is 31.7 Å². The molecule has 2 rings (SSSR count). The number of piperidine rings is 1. The maximum absolute atomic E-state index is 12.4. The Morgan fingerprint density at radius 3 is 2.73 bits per heavy atom. The summed E-state index contributed by atoms with van der Waals surface area (Å²) in [5, 5.41) is 2.21. The Kier molecular flexibility index (Phi) is 5.20. The lowest BCUT2D eigenvalue weighted by atomic mass is 10.1. The van der Waals surface area contributed by atoms with Crippen LogP contribution in [0.4, 0.5) is 0 Å². The molecule has 120 valence electrons. The summed E-state index contributed by atoms with van der Waals surface area (Å²) >= 11 is 5.98. The van der Waals surface area contributed by atoms with E-state index < -0.39 is 27.9 Å². The molecule has 2 N–H and O–H groups in total. The Bertz CT molecular complexity index is 703. The first kappa shape index (κ1) is 16.9. The second-order valence-corrected chi connectivity index (χ2v) is 7.23. The SMILES string of the molecule is CCCc1ccc(Cl)c(S(=O)(=O)NC2CCC(=O)NC2=O)c1. The number of carbonyl (C=O) groups excluding carboxylic acids is 2. The van der Waals surface area contributed by atoms with Crippen LogP contribution in [0, 0.1) is 0 Å². The first-order chi connectivity index (χ1) is 10.3. The molecule has 6 nitrogen and oxygen atoms in total. The summed E-state index contributed by atoms with van der Waals surface area (Å²) in [7, 11) is -3.94. The van der Waals surface area contributed by atoms with Gasteiger partial charge in [-0.1, -0.05) is 31.0 Å². The van der Waals surface area contributed by atoms with Crippen molar-refractivity contribution in [3.8, 4) is 0 Å². The van der Waals surface area contributed by atoms with Crippen LogP contribution in [-0.4, -0.2) is 26.3 Å². The summed E-state index contributed by atoms with van der Waals surface area (Å²) in [6.45, 7) is 1.99. The van der Waals surface area contributed by atoms with Crippen molar-refractivity contribution in [2.45, 2.75) is 43.5 Å². The maximum atomic E-state index is 12.4. The first-order valence-corrected chi connectivity index (χ1v) is 8.84. The Balaban J connectivity index is 2.25. The molecule has 0 spiro atoms. The lowest BCUT2D eigenvalue weighted by Crippen LogP contribution is -2.52. The van der Waals surface area contributed by atoms with Crippen LogP contribution in [0.25, 0.3) is 0 Å². The van der Waals surface area contributed by atoms with Crippen molar-refractivity contribution < 1.29 is 18.0 Å². The topological polar surface area (TPSA) is 92.3 Å². The van der Waals surface area contributed by atoms with Gasteiger partial charge in [-0.3, -0.25) is 14.9 Å². The van der Waals surface area contributed by atoms with Crippen molar-refractivity contribution in [3.63, 3.8) is 0 Å². The Labute approximate surface area is 134 Å². The number of aryl methyl sites for hydroxylation is 1. The molecule has 1 aromatic rings. The van der Waals surface area contributed by atoms with Crippen molar-refractivity contribution in [1.29, 1.82) is 0 Å². The minimum Gasteiger partial charge on any atom is -0.295 e. The Morgan fingerprint density at radius 1 is 1.36 bits per heavy atom. The highest BCUT2D eigenvalue weighted by molar-refractivity contribution is 7.89. The number of sulfonamides is 1. The van der Waals surface area contributed by atoms with Crippen LogP contribution >= 0.6 is 11.6 Å². The van der Waals surface area contributed by atoms with E-state index in [1.165, 1.54) is 12.1 Å². The third-order valence-electron chi connectivity index (χ3n) is 3.36. The Hall–Kier alpha value is -1.44. The molecule has 22 heavy (non-hydrogen) atoms. The smallest absolute Gasteiger partial charge is 0.244 e. The molecule has 1 unspecified atom stereocenters. The molecule has 0 radical (unpaired) electrons. The number of imide groups is 1. The van der Waals surface area contributed by atoms with Crippen LogP contribution < -0.4 is 10.0 Å². The average Bonchev–Trinajstić information content (AvgIpc) is 2.44. The quantitative estimate of drug-likeness (QED) is 0.789. The number of amides is 2. The van der Waals surface area contributed by atoms with Crippen LogP contribution in [0.2, 0.25) is 5.02 Å². The highest BCUT2D eigenvalue weighted by Gasteiger charge is 2.31. The highest BCUT2D eigenvalue weighted by atomic mass is 35.5. The van der Waals surface area contributed by atoms with Gasteiger partial charge >= 0.3 is 0 Å². The van der Waals surface area contributed by atoms with Crippen molar-refractivity contribution in [2.24, 2.45) is 0 Å². The van der Waals surface area contributed by atoms with Gasteiger partial charge < -0.3 is 0 Å². The number of carbonyl (C=O) groups is 2. The zero-order valence-electron chi connectivity index (χ0n) is 12.1. The highest BCUT2D eigenvalue weighted by Crippen LogP contribution is 2.24. The number of rotatable bonds is 5. The summed E-state index contributed by atoms with van der Waals surface area (Å²) < 4.78 is 27.2. The van der Waals surface area contributed by atoms with Gasteiger partial charge in [0.05, 0.1) is 5.02 Å². The zero-order valence-corrected chi connectivity index (χ0v) is 13.6. The van der Waals surface area contributed by atoms with E-state index >= 15 is 0 Å². The molecule has 1 aliphatic heterocycles. The van der Waals surface area contributed by atoms with Gasteiger partial charge in [0.25, 0.3) is 0 Å². The number of hydrogen-bond acceptors (Lipinski definition) is 4. The van der Waals surface area contributed by atoms with Gasteiger partial charge in [-0.05, 0) is 30.5 Å². The van der Waals surface area contributed by atoms with Gasteiger partial charge in [0.1, 0.15) is 10.9 Å². The van der Waals surface area contributed by atoms with Crippen LogP contribution in [0.3, 0.4) is 0 Å². The molecule has 1 heterocycles. The molecule has 0 saturated carbocycles. The summed E-state index contributed by atoms with van der Waals surface area (Å²) in [6.07, 6.45) is 1.85. The molecular weight excluding hydrogens is 328 g/mol. The fourth-order valence-electron chi connectivity index (χ4n) is 2.25. The first-order valence-electron chi connectivity index (χ1n) is 6.98. The minimum atomic E-state index is -3.94. The minimum absolute atomic E-state index is 0.0511. The van der Waals surface area contributed by atoms with E-state index in [2.05, 4.69) is 10.0 Å². The van der Waals surface area contributed by atoms with E-state index in [0.29, 0.717) is 0 Å². The van der Waals surface area contributed by atoms with Crippen LogP contribution in [0.15, 0.2) is 23.1 Å². The summed E-state index contributed by atoms with van der Waals surface area (Å²) in [6, 6.07) is 3.86. The second kappa shape index (κ2) is 6.76. The van der Waals surface area contributed by atoms with E-state index in [1.807, 2.05) is 6.92 Å². The molecule has 8 heteroatoms. The fourth-order valence-corrected chi connectivity index (χ4v) is 4.03. The molecule has 1 aliphatic rings. The lowest BCUT2D eigenvalue weighted by Gasteiger charge is -2.22. The summed E-state index contributed by atoms with van der Waals surface area (Å²) in [5.41, 5.74) is 0.857. The molecular formula is C14H17ClN2O4S. The fraction of sp³-hybridized carbons (Fsp3) is 0.429. The van der Waals surface area contributed by atoms with Gasteiger partial charge in [-0.15, -0.1) is 0 Å². The average molecular weight is 345 g/mol. The maximum Gasteiger partial charge on any atom is 0.244 e. The van der Waals surface area contributed by atoms with Crippen molar-refractivity contribution in [3.05, 3.63) is 28.8 Å². The third kappa shape index (κ3) is 3.85. The predicted octanol–water partition coefficient (Wildman–Crippen LogP) is 1.38. The number of nitrogens with one attached hydrogen (secondary N) is 2. The van der Waals surface area contributed by atoms with Crippen LogP contribution in [0.5, 0.6) is 0 Å². The summed E-state index contributed by atoms with van der Waals surface area (Å²) in [4.78, 5) is 22.7. The normalized spacial score (nSPS) is 19.1. The van der Waals surface area contributed by atoms with E-state index in [1.54, 1.807) is 6.07 Å². The van der Waals surface area contributed by atoms with Gasteiger partial charge in [-0.25, -0.2) is 8.42 Å². The molecule has 2 amide bonds. The van der Waals surface area contributed by atoms with Crippen molar-refractivity contribution >= 4 is 33.4 Å². The largest absolute Gasteiger partial charge is 0.295 e. The van der Waals surface area contributed by atoms with E-state index in [9.17, 15) is 18.0 Å². The van der Waals surface area contributed by atoms with E-state index in [-0.39, 0.29) is 22.8 Å². The zero-order chi connectivity index (χ0) is 16.3. The van der Waals surface area contributed by atoms with Gasteiger partial charge in [-0.2, -0.15) is 4.72 Å². The Morgan fingerprint density at radius 2 is 2.09 bits per heavy atom. The number of hydrogen-bond donors (Lipinski definition) is 2.